The van der Waals surface area contributed by atoms with Crippen molar-refractivity contribution in [3.8, 4) is 22.8 Å². The molecular weight excluding hydrogens is 833 g/mol. The number of anilines is 1. The number of H-pyrrole nitrogens is 1. The lowest BCUT2D eigenvalue weighted by Gasteiger charge is -2.30. The number of carbonyl (C=O) groups excluding carboxylic acids is 2. The van der Waals surface area contributed by atoms with Crippen LogP contribution < -0.4 is 14.8 Å². The van der Waals surface area contributed by atoms with Crippen LogP contribution in [0.1, 0.15) is 37.5 Å². The molecule has 0 spiro atoms. The fraction of sp³-hybridized carbons (Fsp3) is 0.380. The molecule has 0 saturated carbocycles. The zero-order valence-corrected chi connectivity index (χ0v) is 37.4. The van der Waals surface area contributed by atoms with Crippen LogP contribution in [0.4, 0.5) is 5.69 Å². The Kier molecular flexibility index (Phi) is 17.7. The number of hydrogen-bond acceptors (Lipinski definition) is 13. The highest BCUT2D eigenvalue weighted by Gasteiger charge is 2.22. The number of rotatable bonds is 26. The Hall–Kier alpha value is -5.91. The third-order valence-electron chi connectivity index (χ3n) is 10.8. The van der Waals surface area contributed by atoms with Crippen LogP contribution in [0.15, 0.2) is 91.0 Å². The maximum absolute atomic E-state index is 13.4. The van der Waals surface area contributed by atoms with Gasteiger partial charge in [0.15, 0.2) is 11.5 Å². The standard InChI is InChI=1S/C50H58N4O11/c1-57-16-18-60-20-22-62-24-26-64-47-31-37-14-15-54(34-40(37)32-48(47)65-27-25-63-23-21-61-19-17-58-2)33-35-8-12-43-39(28-35)30-45(52-43)38-9-11-41(50(56)59-3)46(29-38)53-49(55)44-13-10-36-6-4-5-7-42(36)51-44/h4-13,28-32,52H,14-27,33-34H2,1-3H3,(H,53,55). The molecule has 344 valence electrons. The summed E-state index contributed by atoms with van der Waals surface area (Å²) in [5.41, 5.74) is 7.69. The Morgan fingerprint density at radius 2 is 1.32 bits per heavy atom. The quantitative estimate of drug-likeness (QED) is 0.0420. The number of benzene rings is 4. The van der Waals surface area contributed by atoms with E-state index in [1.165, 1.54) is 23.8 Å². The Morgan fingerprint density at radius 1 is 0.662 bits per heavy atom. The SMILES string of the molecule is COCCOCCOCCOc1cc2c(cc1OCCOCCOCCOC)CN(Cc1ccc3[nH]c(-c4ccc(C(=O)OC)c(NC(=O)c5ccc6ccccc6n5)c4)cc3c1)CC2. The first-order valence-electron chi connectivity index (χ1n) is 21.9. The normalized spacial score (nSPS) is 12.7. The van der Waals surface area contributed by atoms with Gasteiger partial charge in [-0.2, -0.15) is 0 Å². The predicted molar refractivity (Wildman–Crippen MR) is 247 cm³/mol. The van der Waals surface area contributed by atoms with Crippen molar-refractivity contribution in [2.75, 3.05) is 112 Å². The number of para-hydroxylation sites is 1. The van der Waals surface area contributed by atoms with Crippen LogP contribution >= 0.6 is 0 Å². The predicted octanol–water partition coefficient (Wildman–Crippen LogP) is 7.10. The van der Waals surface area contributed by atoms with E-state index in [9.17, 15) is 9.59 Å². The van der Waals surface area contributed by atoms with Gasteiger partial charge in [0.05, 0.1) is 89.9 Å². The lowest BCUT2D eigenvalue weighted by molar-refractivity contribution is 0.0159. The minimum absolute atomic E-state index is 0.235. The molecule has 1 aliphatic rings. The van der Waals surface area contributed by atoms with E-state index in [1.807, 2.05) is 36.4 Å². The van der Waals surface area contributed by atoms with Gasteiger partial charge in [0.25, 0.3) is 5.91 Å². The smallest absolute Gasteiger partial charge is 0.339 e. The largest absolute Gasteiger partial charge is 0.487 e. The summed E-state index contributed by atoms with van der Waals surface area (Å²) in [6.07, 6.45) is 0.862. The Labute approximate surface area is 379 Å². The number of aromatic nitrogens is 2. The van der Waals surface area contributed by atoms with E-state index in [-0.39, 0.29) is 11.3 Å². The van der Waals surface area contributed by atoms with E-state index in [0.717, 1.165) is 53.6 Å². The van der Waals surface area contributed by atoms with Crippen LogP contribution in [-0.2, 0) is 52.7 Å². The van der Waals surface area contributed by atoms with Crippen LogP contribution in [0, 0.1) is 0 Å². The van der Waals surface area contributed by atoms with E-state index in [4.69, 9.17) is 42.6 Å². The summed E-state index contributed by atoms with van der Waals surface area (Å²) in [7, 11) is 4.61. The van der Waals surface area contributed by atoms with Gasteiger partial charge in [-0.1, -0.05) is 36.4 Å². The minimum Gasteiger partial charge on any atom is -0.487 e. The Morgan fingerprint density at radius 3 is 2.02 bits per heavy atom. The van der Waals surface area contributed by atoms with Crippen LogP contribution in [0.3, 0.4) is 0 Å². The first-order valence-corrected chi connectivity index (χ1v) is 21.9. The maximum atomic E-state index is 13.4. The van der Waals surface area contributed by atoms with Crippen molar-refractivity contribution in [3.05, 3.63) is 119 Å². The van der Waals surface area contributed by atoms with Gasteiger partial charge < -0.3 is 52.9 Å². The van der Waals surface area contributed by atoms with Gasteiger partial charge in [-0.05, 0) is 77.7 Å². The van der Waals surface area contributed by atoms with E-state index in [1.54, 1.807) is 32.4 Å². The fourth-order valence-electron chi connectivity index (χ4n) is 7.51. The number of pyridine rings is 1. The summed E-state index contributed by atoms with van der Waals surface area (Å²) in [4.78, 5) is 36.7. The highest BCUT2D eigenvalue weighted by Crippen LogP contribution is 2.35. The van der Waals surface area contributed by atoms with E-state index < -0.39 is 11.9 Å². The molecule has 0 unspecified atom stereocenters. The van der Waals surface area contributed by atoms with Crippen molar-refractivity contribution in [2.45, 2.75) is 19.5 Å². The summed E-state index contributed by atoms with van der Waals surface area (Å²) in [6, 6.07) is 29.1. The molecule has 65 heavy (non-hydrogen) atoms. The Bertz CT molecular complexity index is 2490. The van der Waals surface area contributed by atoms with E-state index in [2.05, 4.69) is 56.6 Å². The molecule has 0 atom stereocenters. The van der Waals surface area contributed by atoms with Gasteiger partial charge in [-0.25, -0.2) is 9.78 Å². The van der Waals surface area contributed by atoms with Gasteiger partial charge in [0.1, 0.15) is 18.9 Å². The highest BCUT2D eigenvalue weighted by molar-refractivity contribution is 6.08. The highest BCUT2D eigenvalue weighted by atomic mass is 16.6. The van der Waals surface area contributed by atoms with Gasteiger partial charge in [0, 0.05) is 61.4 Å². The second-order valence-corrected chi connectivity index (χ2v) is 15.4. The summed E-state index contributed by atoms with van der Waals surface area (Å²) >= 11 is 0. The summed E-state index contributed by atoms with van der Waals surface area (Å²) in [5, 5.41) is 4.87. The van der Waals surface area contributed by atoms with Gasteiger partial charge in [0.2, 0.25) is 0 Å². The number of hydrogen-bond donors (Lipinski definition) is 2. The summed E-state index contributed by atoms with van der Waals surface area (Å²) in [5.74, 6) is 0.361. The molecule has 15 nitrogen and oxygen atoms in total. The minimum atomic E-state index is -0.559. The molecule has 2 aromatic heterocycles. The lowest BCUT2D eigenvalue weighted by atomic mass is 9.98. The van der Waals surface area contributed by atoms with Crippen molar-refractivity contribution >= 4 is 39.4 Å². The average molecular weight is 891 g/mol. The molecule has 1 amide bonds. The van der Waals surface area contributed by atoms with Crippen molar-refractivity contribution in [3.63, 3.8) is 0 Å². The summed E-state index contributed by atoms with van der Waals surface area (Å²) in [6.45, 7) is 8.03. The van der Waals surface area contributed by atoms with Gasteiger partial charge in [-0.15, -0.1) is 0 Å². The second-order valence-electron chi connectivity index (χ2n) is 15.4. The molecule has 6 aromatic rings. The first-order chi connectivity index (χ1) is 31.9. The van der Waals surface area contributed by atoms with Crippen LogP contribution in [0.25, 0.3) is 33.1 Å². The molecule has 15 heteroatoms. The van der Waals surface area contributed by atoms with Crippen molar-refractivity contribution < 1.29 is 52.2 Å². The molecule has 3 heterocycles. The number of ether oxygens (including phenoxy) is 9. The number of aromatic amines is 1. The third-order valence-corrected chi connectivity index (χ3v) is 10.8. The Balaban J connectivity index is 0.999. The van der Waals surface area contributed by atoms with E-state index in [0.29, 0.717) is 102 Å². The maximum Gasteiger partial charge on any atom is 0.339 e. The number of amides is 1. The molecule has 7 rings (SSSR count). The third kappa shape index (κ3) is 13.3. The van der Waals surface area contributed by atoms with Crippen LogP contribution in [0.5, 0.6) is 11.5 Å². The van der Waals surface area contributed by atoms with Crippen LogP contribution in [-0.4, -0.2) is 134 Å². The van der Waals surface area contributed by atoms with Crippen molar-refractivity contribution in [1.29, 1.82) is 0 Å². The number of esters is 1. The molecule has 2 N–H and O–H groups in total. The zero-order chi connectivity index (χ0) is 45.2. The van der Waals surface area contributed by atoms with Crippen molar-refractivity contribution in [1.82, 2.24) is 14.9 Å². The summed E-state index contributed by atoms with van der Waals surface area (Å²) < 4.78 is 50.0. The fourth-order valence-corrected chi connectivity index (χ4v) is 7.51. The zero-order valence-electron chi connectivity index (χ0n) is 37.4. The molecule has 0 saturated heterocycles. The molecule has 4 aromatic carbocycles. The van der Waals surface area contributed by atoms with Gasteiger partial charge in [-0.3, -0.25) is 9.69 Å². The number of nitrogens with one attached hydrogen (secondary N) is 2. The number of fused-ring (bicyclic) bond motifs is 3. The molecule has 0 radical (unpaired) electrons. The van der Waals surface area contributed by atoms with E-state index >= 15 is 0 Å². The average Bonchev–Trinajstić information content (AvgIpc) is 3.76. The van der Waals surface area contributed by atoms with Crippen molar-refractivity contribution in [2.24, 2.45) is 0 Å². The molecule has 0 fully saturated rings. The molecule has 1 aliphatic heterocycles. The first kappa shape index (κ1) is 47.1. The molecular formula is C50H58N4O11. The molecule has 0 aliphatic carbocycles. The second kappa shape index (κ2) is 24.4. The molecule has 0 bridgehead atoms. The number of carbonyl (C=O) groups is 2. The van der Waals surface area contributed by atoms with Crippen LogP contribution in [0.2, 0.25) is 0 Å². The number of methoxy groups -OCH3 is 3. The number of nitrogens with zero attached hydrogens (tertiary/aromatic N) is 2. The lowest BCUT2D eigenvalue weighted by Crippen LogP contribution is -2.30. The van der Waals surface area contributed by atoms with Gasteiger partial charge >= 0.3 is 5.97 Å². The monoisotopic (exact) mass is 890 g/mol. The topological polar surface area (TPSA) is 161 Å².